The van der Waals surface area contributed by atoms with Crippen LogP contribution >= 0.6 is 11.6 Å². The summed E-state index contributed by atoms with van der Waals surface area (Å²) in [5.74, 6) is 0.132. The highest BCUT2D eigenvalue weighted by Crippen LogP contribution is 2.22. The number of nitrogens with one attached hydrogen (secondary N) is 1. The summed E-state index contributed by atoms with van der Waals surface area (Å²) in [5.41, 5.74) is 0.633. The predicted octanol–water partition coefficient (Wildman–Crippen LogP) is 3.07. The number of hydrogen-bond acceptors (Lipinski definition) is 2. The van der Waals surface area contributed by atoms with Crippen LogP contribution in [0.4, 0.5) is 0 Å². The maximum absolute atomic E-state index is 11.6. The molecule has 90 valence electrons. The Morgan fingerprint density at radius 2 is 2.12 bits per heavy atom. The highest BCUT2D eigenvalue weighted by atomic mass is 35.5. The Bertz CT molecular complexity index is 437. The molecule has 3 nitrogen and oxygen atoms in total. The second-order valence-corrected chi connectivity index (χ2v) is 4.66. The van der Waals surface area contributed by atoms with E-state index in [2.05, 4.69) is 5.32 Å². The van der Waals surface area contributed by atoms with Crippen molar-refractivity contribution in [2.75, 3.05) is 0 Å². The highest BCUT2D eigenvalue weighted by Gasteiger charge is 2.16. The van der Waals surface area contributed by atoms with E-state index in [9.17, 15) is 4.79 Å². The number of nitrogens with zero attached hydrogens (tertiary/aromatic N) is 1. The fourth-order valence-corrected chi connectivity index (χ4v) is 1.72. The van der Waals surface area contributed by atoms with Gasteiger partial charge in [-0.25, -0.2) is 0 Å². The Balaban J connectivity index is 2.77. The smallest absolute Gasteiger partial charge is 0.221 e. The molecule has 1 N–H and O–H groups in total. The first-order chi connectivity index (χ1) is 8.04. The van der Waals surface area contributed by atoms with E-state index in [1.165, 1.54) is 0 Å². The Labute approximate surface area is 106 Å². The molecular weight excluding hydrogens is 236 g/mol. The summed E-state index contributed by atoms with van der Waals surface area (Å²) in [5, 5.41) is 12.2. The van der Waals surface area contributed by atoms with Gasteiger partial charge in [0.05, 0.1) is 6.07 Å². The van der Waals surface area contributed by atoms with Gasteiger partial charge in [0.15, 0.2) is 0 Å². The lowest BCUT2D eigenvalue weighted by atomic mass is 10.1. The van der Waals surface area contributed by atoms with Gasteiger partial charge in [-0.05, 0) is 12.0 Å². The third-order valence-corrected chi connectivity index (χ3v) is 2.59. The van der Waals surface area contributed by atoms with Gasteiger partial charge in [0.25, 0.3) is 0 Å². The van der Waals surface area contributed by atoms with E-state index in [-0.39, 0.29) is 11.8 Å². The minimum Gasteiger partial charge on any atom is -0.337 e. The topological polar surface area (TPSA) is 52.9 Å². The quantitative estimate of drug-likeness (QED) is 0.893. The molecule has 0 saturated heterocycles. The molecule has 0 bridgehead atoms. The molecule has 1 amide bonds. The molecule has 0 aliphatic heterocycles. The Kier molecular flexibility index (Phi) is 4.99. The highest BCUT2D eigenvalue weighted by molar-refractivity contribution is 6.31. The minimum absolute atomic E-state index is 0.133. The molecule has 0 radical (unpaired) electrons. The van der Waals surface area contributed by atoms with Gasteiger partial charge in [-0.3, -0.25) is 4.79 Å². The SMILES string of the molecule is CC(C)CC(=O)NC(C#N)c1ccccc1Cl. The van der Waals surface area contributed by atoms with Crippen LogP contribution < -0.4 is 5.32 Å². The molecule has 0 aromatic heterocycles. The molecule has 0 fully saturated rings. The first kappa shape index (κ1) is 13.5. The molecule has 0 spiro atoms. The van der Waals surface area contributed by atoms with Crippen LogP contribution in [-0.4, -0.2) is 5.91 Å². The number of carbonyl (C=O) groups is 1. The molecule has 17 heavy (non-hydrogen) atoms. The van der Waals surface area contributed by atoms with Gasteiger partial charge in [-0.1, -0.05) is 43.6 Å². The van der Waals surface area contributed by atoms with Crippen LogP contribution in [0.3, 0.4) is 0 Å². The number of benzene rings is 1. The van der Waals surface area contributed by atoms with Crippen LogP contribution in [0.15, 0.2) is 24.3 Å². The zero-order valence-corrected chi connectivity index (χ0v) is 10.7. The molecule has 1 rings (SSSR count). The van der Waals surface area contributed by atoms with Crippen LogP contribution in [-0.2, 0) is 4.79 Å². The molecule has 0 saturated carbocycles. The van der Waals surface area contributed by atoms with Crippen LogP contribution in [0, 0.1) is 17.2 Å². The number of halogens is 1. The van der Waals surface area contributed by atoms with Gasteiger partial charge in [-0.2, -0.15) is 5.26 Å². The van der Waals surface area contributed by atoms with E-state index in [0.29, 0.717) is 17.0 Å². The van der Waals surface area contributed by atoms with E-state index in [4.69, 9.17) is 16.9 Å². The lowest BCUT2D eigenvalue weighted by molar-refractivity contribution is -0.122. The molecule has 4 heteroatoms. The molecule has 0 aliphatic rings. The van der Waals surface area contributed by atoms with Crippen LogP contribution in [0.25, 0.3) is 0 Å². The third-order valence-electron chi connectivity index (χ3n) is 2.24. The van der Waals surface area contributed by atoms with Crippen molar-refractivity contribution in [3.63, 3.8) is 0 Å². The fourth-order valence-electron chi connectivity index (χ4n) is 1.48. The zero-order chi connectivity index (χ0) is 12.8. The summed E-state index contributed by atoms with van der Waals surface area (Å²) >= 11 is 5.98. The first-order valence-corrected chi connectivity index (χ1v) is 5.85. The zero-order valence-electron chi connectivity index (χ0n) is 9.90. The minimum atomic E-state index is -0.685. The number of carbonyl (C=O) groups excluding carboxylic acids is 1. The van der Waals surface area contributed by atoms with Gasteiger partial charge in [0, 0.05) is 17.0 Å². The molecule has 1 unspecified atom stereocenters. The summed E-state index contributed by atoms with van der Waals surface area (Å²) in [7, 11) is 0. The maximum atomic E-state index is 11.6. The van der Waals surface area contributed by atoms with Gasteiger partial charge in [-0.15, -0.1) is 0 Å². The van der Waals surface area contributed by atoms with Crippen LogP contribution in [0.2, 0.25) is 5.02 Å². The average molecular weight is 251 g/mol. The molecule has 0 heterocycles. The molecule has 1 aromatic carbocycles. The Hall–Kier alpha value is -1.53. The summed E-state index contributed by atoms with van der Waals surface area (Å²) in [6.45, 7) is 3.91. The van der Waals surface area contributed by atoms with E-state index >= 15 is 0 Å². The van der Waals surface area contributed by atoms with Crippen molar-refractivity contribution in [2.45, 2.75) is 26.3 Å². The van der Waals surface area contributed by atoms with E-state index < -0.39 is 6.04 Å². The third kappa shape index (κ3) is 4.08. The fraction of sp³-hybridized carbons (Fsp3) is 0.385. The monoisotopic (exact) mass is 250 g/mol. The van der Waals surface area contributed by atoms with Gasteiger partial charge in [0.1, 0.15) is 6.04 Å². The summed E-state index contributed by atoms with van der Waals surface area (Å²) in [4.78, 5) is 11.6. The normalized spacial score (nSPS) is 11.9. The Morgan fingerprint density at radius 1 is 1.47 bits per heavy atom. The lowest BCUT2D eigenvalue weighted by Crippen LogP contribution is -2.28. The lowest BCUT2D eigenvalue weighted by Gasteiger charge is -2.14. The number of hydrogen-bond donors (Lipinski definition) is 1. The molecule has 1 atom stereocenters. The molecule has 1 aromatic rings. The largest absolute Gasteiger partial charge is 0.337 e. The summed E-state index contributed by atoms with van der Waals surface area (Å²) in [6, 6.07) is 8.39. The van der Waals surface area contributed by atoms with Crippen molar-refractivity contribution in [1.82, 2.24) is 5.32 Å². The van der Waals surface area contributed by atoms with Gasteiger partial charge >= 0.3 is 0 Å². The molecule has 0 aliphatic carbocycles. The van der Waals surface area contributed by atoms with E-state index in [0.717, 1.165) is 0 Å². The first-order valence-electron chi connectivity index (χ1n) is 5.48. The van der Waals surface area contributed by atoms with Crippen molar-refractivity contribution in [2.24, 2.45) is 5.92 Å². The number of amides is 1. The Morgan fingerprint density at radius 3 is 2.65 bits per heavy atom. The number of nitriles is 1. The average Bonchev–Trinajstić information content (AvgIpc) is 2.26. The second-order valence-electron chi connectivity index (χ2n) is 4.25. The van der Waals surface area contributed by atoms with Crippen LogP contribution in [0.5, 0.6) is 0 Å². The van der Waals surface area contributed by atoms with Gasteiger partial charge in [0.2, 0.25) is 5.91 Å². The van der Waals surface area contributed by atoms with E-state index in [1.807, 2.05) is 19.9 Å². The standard InChI is InChI=1S/C13H15ClN2O/c1-9(2)7-13(17)16-12(8-15)10-5-3-4-6-11(10)14/h3-6,9,12H,7H2,1-2H3,(H,16,17). The number of rotatable bonds is 4. The maximum Gasteiger partial charge on any atom is 0.221 e. The van der Waals surface area contributed by atoms with Crippen molar-refractivity contribution in [1.29, 1.82) is 5.26 Å². The van der Waals surface area contributed by atoms with Crippen LogP contribution in [0.1, 0.15) is 31.9 Å². The van der Waals surface area contributed by atoms with Gasteiger partial charge < -0.3 is 5.32 Å². The van der Waals surface area contributed by atoms with Crippen molar-refractivity contribution in [3.05, 3.63) is 34.9 Å². The van der Waals surface area contributed by atoms with E-state index in [1.54, 1.807) is 24.3 Å². The predicted molar refractivity (Wildman–Crippen MR) is 67.4 cm³/mol. The van der Waals surface area contributed by atoms with Crippen molar-refractivity contribution < 1.29 is 4.79 Å². The summed E-state index contributed by atoms with van der Waals surface area (Å²) < 4.78 is 0. The van der Waals surface area contributed by atoms with Crippen molar-refractivity contribution in [3.8, 4) is 6.07 Å². The molecular formula is C13H15ClN2O. The summed E-state index contributed by atoms with van der Waals surface area (Å²) in [6.07, 6.45) is 0.405. The van der Waals surface area contributed by atoms with Crippen molar-refractivity contribution >= 4 is 17.5 Å². The second kappa shape index (κ2) is 6.27.